The number of rotatable bonds is 1. The number of aromatic hydroxyl groups is 1. The van der Waals surface area contributed by atoms with Crippen molar-refractivity contribution in [2.45, 2.75) is 0 Å². The number of nitrogen functional groups attached to an aromatic ring is 1. The molecule has 3 N–H and O–H groups in total. The Morgan fingerprint density at radius 3 is 2.85 bits per heavy atom. The second-order valence-electron chi connectivity index (χ2n) is 3.03. The van der Waals surface area contributed by atoms with E-state index in [1.807, 2.05) is 14.1 Å². The molecule has 5 nitrogen and oxygen atoms in total. The lowest BCUT2D eigenvalue weighted by Crippen LogP contribution is -2.25. The minimum atomic E-state index is 0.0671. The van der Waals surface area contributed by atoms with E-state index in [1.165, 1.54) is 6.26 Å². The molecule has 0 atom stereocenters. The molecule has 0 unspecified atom stereocenters. The van der Waals surface area contributed by atoms with Crippen molar-refractivity contribution in [1.82, 2.24) is 4.68 Å². The first-order valence-corrected chi connectivity index (χ1v) is 3.87. The first kappa shape index (κ1) is 7.85. The van der Waals surface area contributed by atoms with Gasteiger partial charge in [-0.3, -0.25) is 0 Å². The van der Waals surface area contributed by atoms with Gasteiger partial charge in [-0.2, -0.15) is 0 Å². The molecule has 2 aromatic heterocycles. The minimum Gasteiger partial charge on any atom is -0.504 e. The van der Waals surface area contributed by atoms with Crippen molar-refractivity contribution in [3.8, 4) is 5.75 Å². The zero-order chi connectivity index (χ0) is 9.59. The van der Waals surface area contributed by atoms with Crippen LogP contribution in [0.4, 0.5) is 5.82 Å². The van der Waals surface area contributed by atoms with Crippen LogP contribution in [0.3, 0.4) is 0 Å². The lowest BCUT2D eigenvalue weighted by atomic mass is 10.4. The number of aromatic nitrogens is 1. The maximum absolute atomic E-state index is 9.58. The van der Waals surface area contributed by atoms with E-state index in [2.05, 4.69) is 0 Å². The molecule has 0 saturated carbocycles. The number of furan rings is 1. The standard InChI is InChI=1S/C8H11N3O2/c1-10(2)11-7(9)6(12)5-3-4-13-8(5)11/h3-4,12H,9H2,1-2H3. The van der Waals surface area contributed by atoms with E-state index in [0.717, 1.165) is 0 Å². The van der Waals surface area contributed by atoms with Crippen LogP contribution in [0, 0.1) is 0 Å². The zero-order valence-corrected chi connectivity index (χ0v) is 7.48. The zero-order valence-electron chi connectivity index (χ0n) is 7.48. The fraction of sp³-hybridized carbons (Fsp3) is 0.250. The summed E-state index contributed by atoms with van der Waals surface area (Å²) in [5.41, 5.74) is 6.23. The number of hydrogen-bond acceptors (Lipinski definition) is 4. The molecule has 0 fully saturated rings. The van der Waals surface area contributed by atoms with Gasteiger partial charge >= 0.3 is 0 Å². The van der Waals surface area contributed by atoms with Crippen molar-refractivity contribution in [2.24, 2.45) is 0 Å². The first-order valence-electron chi connectivity index (χ1n) is 3.87. The summed E-state index contributed by atoms with van der Waals surface area (Å²) in [5.74, 6) is 0.358. The van der Waals surface area contributed by atoms with Crippen LogP contribution in [0.15, 0.2) is 16.7 Å². The normalized spacial score (nSPS) is 10.9. The first-order chi connectivity index (χ1) is 6.13. The monoisotopic (exact) mass is 181 g/mol. The number of nitrogens with two attached hydrogens (primary N) is 1. The van der Waals surface area contributed by atoms with Crippen molar-refractivity contribution < 1.29 is 9.52 Å². The molecule has 0 aromatic carbocycles. The highest BCUT2D eigenvalue weighted by atomic mass is 16.3. The van der Waals surface area contributed by atoms with Gasteiger partial charge in [0.25, 0.3) is 0 Å². The Hall–Kier alpha value is -1.78. The van der Waals surface area contributed by atoms with Gasteiger partial charge in [0, 0.05) is 14.1 Å². The number of fused-ring (bicyclic) bond motifs is 1. The summed E-state index contributed by atoms with van der Waals surface area (Å²) in [4.78, 5) is 0. The molecule has 0 saturated heterocycles. The Kier molecular flexibility index (Phi) is 1.42. The Balaban J connectivity index is 2.84. The number of nitrogens with zero attached hydrogens (tertiary/aromatic N) is 2. The van der Waals surface area contributed by atoms with Gasteiger partial charge in [0.2, 0.25) is 5.71 Å². The van der Waals surface area contributed by atoms with Gasteiger partial charge in [0.05, 0.1) is 11.6 Å². The Bertz CT molecular complexity index is 441. The lowest BCUT2D eigenvalue weighted by Gasteiger charge is -2.15. The molecule has 0 bridgehead atoms. The van der Waals surface area contributed by atoms with Crippen molar-refractivity contribution in [2.75, 3.05) is 24.8 Å². The molecule has 2 rings (SSSR count). The quantitative estimate of drug-likeness (QED) is 0.680. The Morgan fingerprint density at radius 2 is 2.23 bits per heavy atom. The van der Waals surface area contributed by atoms with Crippen LogP contribution in [-0.2, 0) is 0 Å². The van der Waals surface area contributed by atoms with Crippen LogP contribution in [0.2, 0.25) is 0 Å². The topological polar surface area (TPSA) is 67.6 Å². The highest BCUT2D eigenvalue weighted by Crippen LogP contribution is 2.34. The minimum absolute atomic E-state index is 0.0671. The van der Waals surface area contributed by atoms with E-state index >= 15 is 0 Å². The molecular weight excluding hydrogens is 170 g/mol. The number of hydrogen-bond donors (Lipinski definition) is 2. The fourth-order valence-corrected chi connectivity index (χ4v) is 1.39. The summed E-state index contributed by atoms with van der Waals surface area (Å²) < 4.78 is 6.80. The molecular formula is C8H11N3O2. The Labute approximate surface area is 74.9 Å². The molecule has 5 heteroatoms. The molecule has 2 aromatic rings. The van der Waals surface area contributed by atoms with Crippen molar-refractivity contribution in [1.29, 1.82) is 0 Å². The lowest BCUT2D eigenvalue weighted by molar-refractivity contribution is 0.481. The highest BCUT2D eigenvalue weighted by molar-refractivity contribution is 5.89. The molecule has 0 amide bonds. The van der Waals surface area contributed by atoms with Gasteiger partial charge < -0.3 is 20.3 Å². The van der Waals surface area contributed by atoms with Crippen molar-refractivity contribution in [3.05, 3.63) is 12.3 Å². The highest BCUT2D eigenvalue weighted by Gasteiger charge is 2.17. The summed E-state index contributed by atoms with van der Waals surface area (Å²) in [6, 6.07) is 1.68. The molecule has 2 heterocycles. The maximum Gasteiger partial charge on any atom is 0.231 e. The Morgan fingerprint density at radius 1 is 1.54 bits per heavy atom. The molecule has 0 aliphatic carbocycles. The van der Waals surface area contributed by atoms with E-state index in [4.69, 9.17) is 10.2 Å². The van der Waals surface area contributed by atoms with Gasteiger partial charge in [-0.15, -0.1) is 0 Å². The molecule has 0 radical (unpaired) electrons. The van der Waals surface area contributed by atoms with E-state index < -0.39 is 0 Å². The van der Waals surface area contributed by atoms with Crippen LogP contribution in [0.1, 0.15) is 0 Å². The SMILES string of the molecule is CN(C)n1c(N)c(O)c2ccoc21. The average Bonchev–Trinajstić information content (AvgIpc) is 2.57. The maximum atomic E-state index is 9.58. The fourth-order valence-electron chi connectivity index (χ4n) is 1.39. The van der Waals surface area contributed by atoms with E-state index in [0.29, 0.717) is 16.9 Å². The third-order valence-electron chi connectivity index (χ3n) is 1.96. The molecule has 13 heavy (non-hydrogen) atoms. The smallest absolute Gasteiger partial charge is 0.231 e. The molecule has 70 valence electrons. The van der Waals surface area contributed by atoms with Gasteiger partial charge in [-0.25, -0.2) is 4.68 Å². The molecule has 0 spiro atoms. The second-order valence-corrected chi connectivity index (χ2v) is 3.03. The van der Waals surface area contributed by atoms with Crippen LogP contribution in [0.25, 0.3) is 11.1 Å². The van der Waals surface area contributed by atoms with E-state index in [-0.39, 0.29) is 5.75 Å². The summed E-state index contributed by atoms with van der Waals surface area (Å²) in [5, 5.41) is 12.0. The predicted octanol–water partition coefficient (Wildman–Crippen LogP) is 0.720. The largest absolute Gasteiger partial charge is 0.504 e. The van der Waals surface area contributed by atoms with Crippen molar-refractivity contribution in [3.63, 3.8) is 0 Å². The van der Waals surface area contributed by atoms with Gasteiger partial charge in [-0.05, 0) is 6.07 Å². The van der Waals surface area contributed by atoms with Gasteiger partial charge in [0.1, 0.15) is 0 Å². The average molecular weight is 181 g/mol. The van der Waals surface area contributed by atoms with E-state index in [9.17, 15) is 5.11 Å². The van der Waals surface area contributed by atoms with E-state index in [1.54, 1.807) is 15.8 Å². The van der Waals surface area contributed by atoms with Crippen molar-refractivity contribution >= 4 is 16.9 Å². The second kappa shape index (κ2) is 2.35. The third kappa shape index (κ3) is 0.867. The summed E-state index contributed by atoms with van der Waals surface area (Å²) >= 11 is 0. The van der Waals surface area contributed by atoms with Crippen LogP contribution in [-0.4, -0.2) is 23.9 Å². The van der Waals surface area contributed by atoms with Crippen LogP contribution < -0.4 is 10.7 Å². The van der Waals surface area contributed by atoms with Gasteiger partial charge in [0.15, 0.2) is 11.6 Å². The van der Waals surface area contributed by atoms with Crippen LogP contribution in [0.5, 0.6) is 5.75 Å². The molecule has 0 aliphatic rings. The third-order valence-corrected chi connectivity index (χ3v) is 1.96. The number of anilines is 1. The summed E-state index contributed by atoms with van der Waals surface area (Å²) in [6.07, 6.45) is 1.52. The van der Waals surface area contributed by atoms with Crippen LogP contribution >= 0.6 is 0 Å². The predicted molar refractivity (Wildman–Crippen MR) is 50.3 cm³/mol. The summed E-state index contributed by atoms with van der Waals surface area (Å²) in [6.45, 7) is 0. The van der Waals surface area contributed by atoms with Gasteiger partial charge in [-0.1, -0.05) is 0 Å². The molecule has 0 aliphatic heterocycles. The summed E-state index contributed by atoms with van der Waals surface area (Å²) in [7, 11) is 3.63.